The third-order valence-corrected chi connectivity index (χ3v) is 3.85. The van der Waals surface area contributed by atoms with Crippen molar-refractivity contribution >= 4 is 29.9 Å². The van der Waals surface area contributed by atoms with Crippen LogP contribution in [0.4, 0.5) is 5.69 Å². The monoisotopic (exact) mass is 341 g/mol. The molecular formula is C16H24ClN3O3. The maximum Gasteiger partial charge on any atom is 0.227 e. The van der Waals surface area contributed by atoms with Crippen molar-refractivity contribution in [1.82, 2.24) is 5.32 Å². The number of nitrogens with one attached hydrogen (secondary N) is 1. The van der Waals surface area contributed by atoms with Crippen LogP contribution in [0, 0.1) is 5.92 Å². The summed E-state index contributed by atoms with van der Waals surface area (Å²) < 4.78 is 5.11. The predicted molar refractivity (Wildman–Crippen MR) is 92.0 cm³/mol. The summed E-state index contributed by atoms with van der Waals surface area (Å²) in [7, 11) is 1.59. The molecule has 0 spiro atoms. The first-order chi connectivity index (χ1) is 10.4. The van der Waals surface area contributed by atoms with E-state index < -0.39 is 5.54 Å². The molecule has 1 fully saturated rings. The Bertz CT molecular complexity index is 560. The molecule has 1 aliphatic heterocycles. The van der Waals surface area contributed by atoms with Crippen LogP contribution < -0.4 is 20.7 Å². The molecule has 0 aromatic heterocycles. The van der Waals surface area contributed by atoms with E-state index in [0.29, 0.717) is 13.1 Å². The Morgan fingerprint density at radius 2 is 2.00 bits per heavy atom. The third kappa shape index (κ3) is 4.59. The standard InChI is InChI=1S/C16H23N3O3.ClH/c1-16(2,10-17)18-15(21)11-8-14(20)19(9-11)12-4-6-13(22-3)7-5-12;/h4-7,11H,8-10,17H2,1-3H3,(H,18,21);1H. The van der Waals surface area contributed by atoms with Crippen LogP contribution in [-0.4, -0.2) is 37.6 Å². The molecule has 23 heavy (non-hydrogen) atoms. The van der Waals surface area contributed by atoms with E-state index >= 15 is 0 Å². The fourth-order valence-corrected chi connectivity index (χ4v) is 2.38. The van der Waals surface area contributed by atoms with Gasteiger partial charge in [0, 0.05) is 30.7 Å². The van der Waals surface area contributed by atoms with Crippen molar-refractivity contribution < 1.29 is 14.3 Å². The Balaban J connectivity index is 0.00000264. The fraction of sp³-hybridized carbons (Fsp3) is 0.500. The Morgan fingerprint density at radius 3 is 2.52 bits per heavy atom. The molecule has 1 aliphatic rings. The number of methoxy groups -OCH3 is 1. The highest BCUT2D eigenvalue weighted by atomic mass is 35.5. The summed E-state index contributed by atoms with van der Waals surface area (Å²) in [5.74, 6) is 0.213. The molecule has 7 heteroatoms. The molecule has 0 aliphatic carbocycles. The highest BCUT2D eigenvalue weighted by Crippen LogP contribution is 2.27. The summed E-state index contributed by atoms with van der Waals surface area (Å²) in [4.78, 5) is 26.1. The number of anilines is 1. The Labute approximate surface area is 142 Å². The Kier molecular flexibility index (Phi) is 6.41. The second-order valence-electron chi connectivity index (χ2n) is 6.18. The van der Waals surface area contributed by atoms with Crippen molar-refractivity contribution in [3.63, 3.8) is 0 Å². The van der Waals surface area contributed by atoms with Gasteiger partial charge >= 0.3 is 0 Å². The van der Waals surface area contributed by atoms with E-state index in [1.807, 2.05) is 26.0 Å². The minimum absolute atomic E-state index is 0. The molecule has 128 valence electrons. The second-order valence-corrected chi connectivity index (χ2v) is 6.18. The molecule has 6 nitrogen and oxygen atoms in total. The van der Waals surface area contributed by atoms with E-state index in [1.54, 1.807) is 24.1 Å². The number of ether oxygens (including phenoxy) is 1. The van der Waals surface area contributed by atoms with Gasteiger partial charge in [0.05, 0.1) is 13.0 Å². The largest absolute Gasteiger partial charge is 0.497 e. The normalized spacial score (nSPS) is 17.7. The number of nitrogens with zero attached hydrogens (tertiary/aromatic N) is 1. The number of carbonyl (C=O) groups is 2. The van der Waals surface area contributed by atoms with E-state index in [4.69, 9.17) is 10.5 Å². The van der Waals surface area contributed by atoms with Crippen molar-refractivity contribution in [2.45, 2.75) is 25.8 Å². The fourth-order valence-electron chi connectivity index (χ4n) is 2.38. The topological polar surface area (TPSA) is 84.7 Å². The molecule has 1 saturated heterocycles. The first-order valence-corrected chi connectivity index (χ1v) is 7.33. The van der Waals surface area contributed by atoms with Gasteiger partial charge in [-0.3, -0.25) is 9.59 Å². The van der Waals surface area contributed by atoms with Gasteiger partial charge in [-0.25, -0.2) is 0 Å². The maximum absolute atomic E-state index is 12.3. The number of hydrogen-bond donors (Lipinski definition) is 2. The molecule has 2 amide bonds. The van der Waals surface area contributed by atoms with Gasteiger partial charge in [0.15, 0.2) is 0 Å². The van der Waals surface area contributed by atoms with Crippen molar-refractivity contribution in [2.24, 2.45) is 11.7 Å². The summed E-state index contributed by atoms with van der Waals surface area (Å²) in [5, 5.41) is 2.90. The quantitative estimate of drug-likeness (QED) is 0.846. The first-order valence-electron chi connectivity index (χ1n) is 7.33. The zero-order chi connectivity index (χ0) is 16.3. The average Bonchev–Trinajstić information content (AvgIpc) is 2.89. The lowest BCUT2D eigenvalue weighted by molar-refractivity contribution is -0.127. The lowest BCUT2D eigenvalue weighted by atomic mass is 10.0. The van der Waals surface area contributed by atoms with Crippen LogP contribution in [0.3, 0.4) is 0 Å². The molecule has 2 rings (SSSR count). The molecule has 0 bridgehead atoms. The molecule has 1 aromatic carbocycles. The number of benzene rings is 1. The molecule has 1 unspecified atom stereocenters. The van der Waals surface area contributed by atoms with E-state index in [2.05, 4.69) is 5.32 Å². The van der Waals surface area contributed by atoms with Gasteiger partial charge in [0.2, 0.25) is 11.8 Å². The number of amides is 2. The second kappa shape index (κ2) is 7.66. The summed E-state index contributed by atoms with van der Waals surface area (Å²) in [6.07, 6.45) is 0.221. The lowest BCUT2D eigenvalue weighted by Gasteiger charge is -2.26. The Hall–Kier alpha value is -1.79. The smallest absolute Gasteiger partial charge is 0.227 e. The van der Waals surface area contributed by atoms with Crippen LogP contribution >= 0.6 is 12.4 Å². The summed E-state index contributed by atoms with van der Waals surface area (Å²) >= 11 is 0. The van der Waals surface area contributed by atoms with Gasteiger partial charge in [-0.1, -0.05) is 0 Å². The van der Waals surface area contributed by atoms with Crippen LogP contribution in [0.25, 0.3) is 0 Å². The van der Waals surface area contributed by atoms with Crippen LogP contribution in [-0.2, 0) is 9.59 Å². The van der Waals surface area contributed by atoms with E-state index in [9.17, 15) is 9.59 Å². The molecule has 1 atom stereocenters. The van der Waals surface area contributed by atoms with E-state index in [-0.39, 0.29) is 36.6 Å². The summed E-state index contributed by atoms with van der Waals surface area (Å²) in [6.45, 7) is 4.46. The van der Waals surface area contributed by atoms with Gasteiger partial charge < -0.3 is 20.7 Å². The van der Waals surface area contributed by atoms with Crippen LogP contribution in [0.15, 0.2) is 24.3 Å². The lowest BCUT2D eigenvalue weighted by Crippen LogP contribution is -2.51. The molecule has 1 aromatic rings. The zero-order valence-corrected chi connectivity index (χ0v) is 14.5. The van der Waals surface area contributed by atoms with Crippen LogP contribution in [0.1, 0.15) is 20.3 Å². The number of hydrogen-bond acceptors (Lipinski definition) is 4. The van der Waals surface area contributed by atoms with Crippen LogP contribution in [0.2, 0.25) is 0 Å². The Morgan fingerprint density at radius 1 is 1.39 bits per heavy atom. The van der Waals surface area contributed by atoms with Gasteiger partial charge in [0.1, 0.15) is 5.75 Å². The predicted octanol–water partition coefficient (Wildman–Crippen LogP) is 1.32. The number of nitrogens with two attached hydrogens (primary N) is 1. The van der Waals surface area contributed by atoms with Gasteiger partial charge in [-0.2, -0.15) is 0 Å². The van der Waals surface area contributed by atoms with Crippen molar-refractivity contribution in [2.75, 3.05) is 25.1 Å². The molecule has 1 heterocycles. The van der Waals surface area contributed by atoms with Crippen LogP contribution in [0.5, 0.6) is 5.75 Å². The van der Waals surface area contributed by atoms with Crippen molar-refractivity contribution in [3.05, 3.63) is 24.3 Å². The van der Waals surface area contributed by atoms with Gasteiger partial charge in [-0.05, 0) is 38.1 Å². The van der Waals surface area contributed by atoms with Crippen molar-refractivity contribution in [1.29, 1.82) is 0 Å². The number of halogens is 1. The number of rotatable bonds is 5. The van der Waals surface area contributed by atoms with E-state index in [0.717, 1.165) is 11.4 Å². The molecular weight excluding hydrogens is 318 g/mol. The first kappa shape index (κ1) is 19.3. The van der Waals surface area contributed by atoms with Gasteiger partial charge in [0.25, 0.3) is 0 Å². The average molecular weight is 342 g/mol. The summed E-state index contributed by atoms with van der Waals surface area (Å²) in [6, 6.07) is 7.24. The minimum atomic E-state index is -0.465. The number of carbonyl (C=O) groups excluding carboxylic acids is 2. The molecule has 3 N–H and O–H groups in total. The zero-order valence-electron chi connectivity index (χ0n) is 13.7. The highest BCUT2D eigenvalue weighted by molar-refractivity contribution is 6.00. The maximum atomic E-state index is 12.3. The minimum Gasteiger partial charge on any atom is -0.497 e. The summed E-state index contributed by atoms with van der Waals surface area (Å²) in [5.41, 5.74) is 5.93. The highest BCUT2D eigenvalue weighted by Gasteiger charge is 2.36. The SMILES string of the molecule is COc1ccc(N2CC(C(=O)NC(C)(C)CN)CC2=O)cc1.Cl. The molecule has 0 saturated carbocycles. The van der Waals surface area contributed by atoms with Gasteiger partial charge in [-0.15, -0.1) is 12.4 Å². The van der Waals surface area contributed by atoms with E-state index in [1.165, 1.54) is 0 Å². The van der Waals surface area contributed by atoms with Crippen molar-refractivity contribution in [3.8, 4) is 5.75 Å². The molecule has 0 radical (unpaired) electrons. The third-order valence-electron chi connectivity index (χ3n) is 3.85.